The van der Waals surface area contributed by atoms with E-state index in [2.05, 4.69) is 15.5 Å². The predicted molar refractivity (Wildman–Crippen MR) is 88.8 cm³/mol. The summed E-state index contributed by atoms with van der Waals surface area (Å²) in [5, 5.41) is 9.59. The van der Waals surface area contributed by atoms with Crippen molar-refractivity contribution < 1.29 is 23.7 Å². The monoisotopic (exact) mass is 335 g/mol. The maximum Gasteiger partial charge on any atom is 0.251 e. The van der Waals surface area contributed by atoms with Gasteiger partial charge in [-0.05, 0) is 19.1 Å². The minimum absolute atomic E-state index is 0.0110. The van der Waals surface area contributed by atoms with Crippen molar-refractivity contribution in [2.24, 2.45) is 0 Å². The first-order chi connectivity index (χ1) is 11.6. The number of anilines is 1. The minimum Gasteiger partial charge on any atom is -0.493 e. The second-order valence-corrected chi connectivity index (χ2v) is 4.77. The molecule has 0 atom stereocenters. The number of rotatable bonds is 8. The maximum atomic E-state index is 11.7. The molecule has 1 aromatic carbocycles. The Hall–Kier alpha value is -2.74. The van der Waals surface area contributed by atoms with Crippen molar-refractivity contribution in [2.45, 2.75) is 6.92 Å². The van der Waals surface area contributed by atoms with Gasteiger partial charge < -0.3 is 24.3 Å². The zero-order chi connectivity index (χ0) is 17.5. The molecule has 2 rings (SSSR count). The van der Waals surface area contributed by atoms with Gasteiger partial charge in [-0.3, -0.25) is 9.89 Å². The highest BCUT2D eigenvalue weighted by Gasteiger charge is 2.15. The number of nitrogens with one attached hydrogen (secondary N) is 2. The second-order valence-electron chi connectivity index (χ2n) is 4.77. The third kappa shape index (κ3) is 3.96. The maximum absolute atomic E-state index is 11.7. The van der Waals surface area contributed by atoms with Gasteiger partial charge in [-0.15, -0.1) is 0 Å². The van der Waals surface area contributed by atoms with Gasteiger partial charge in [0.05, 0.1) is 27.0 Å². The number of aromatic nitrogens is 2. The molecule has 0 saturated heterocycles. The molecule has 130 valence electrons. The number of hydrogen-bond acceptors (Lipinski definition) is 6. The van der Waals surface area contributed by atoms with Crippen LogP contribution in [0.2, 0.25) is 0 Å². The molecule has 0 radical (unpaired) electrons. The Morgan fingerprint density at radius 1 is 1.12 bits per heavy atom. The van der Waals surface area contributed by atoms with Crippen molar-refractivity contribution in [1.82, 2.24) is 10.2 Å². The van der Waals surface area contributed by atoms with Crippen LogP contribution in [-0.2, 0) is 9.53 Å². The standard InChI is InChI=1S/C16H21N3O5/c1-5-24-9-15(20)17-14-8-11(18-19-14)10-6-12(21-2)16(23-4)13(7-10)22-3/h6-8H,5,9H2,1-4H3,(H2,17,18,19,20). The van der Waals surface area contributed by atoms with E-state index in [1.807, 2.05) is 6.92 Å². The fourth-order valence-electron chi connectivity index (χ4n) is 2.14. The highest BCUT2D eigenvalue weighted by molar-refractivity contribution is 5.91. The number of aromatic amines is 1. The van der Waals surface area contributed by atoms with Crippen LogP contribution in [0.1, 0.15) is 6.92 Å². The topological polar surface area (TPSA) is 94.7 Å². The van der Waals surface area contributed by atoms with Crippen LogP contribution >= 0.6 is 0 Å². The average Bonchev–Trinajstić information content (AvgIpc) is 3.06. The van der Waals surface area contributed by atoms with Gasteiger partial charge >= 0.3 is 0 Å². The van der Waals surface area contributed by atoms with E-state index in [9.17, 15) is 4.79 Å². The van der Waals surface area contributed by atoms with Crippen molar-refractivity contribution in [2.75, 3.05) is 39.9 Å². The SMILES string of the molecule is CCOCC(=O)Nc1cc(-c2cc(OC)c(OC)c(OC)c2)[nH]n1. The summed E-state index contributed by atoms with van der Waals surface area (Å²) in [6, 6.07) is 5.30. The number of ether oxygens (including phenoxy) is 4. The molecular weight excluding hydrogens is 314 g/mol. The van der Waals surface area contributed by atoms with Crippen molar-refractivity contribution in [3.63, 3.8) is 0 Å². The predicted octanol–water partition coefficient (Wildman–Crippen LogP) is 2.08. The molecule has 0 aliphatic rings. The Kier molecular flexibility index (Phi) is 6.02. The first-order valence-corrected chi connectivity index (χ1v) is 7.36. The summed E-state index contributed by atoms with van der Waals surface area (Å²) < 4.78 is 21.0. The van der Waals surface area contributed by atoms with Gasteiger partial charge in [-0.1, -0.05) is 0 Å². The molecule has 0 aliphatic heterocycles. The lowest BCUT2D eigenvalue weighted by Gasteiger charge is -2.13. The Morgan fingerprint density at radius 3 is 2.33 bits per heavy atom. The fourth-order valence-corrected chi connectivity index (χ4v) is 2.14. The van der Waals surface area contributed by atoms with Gasteiger partial charge in [-0.25, -0.2) is 0 Å². The number of hydrogen-bond donors (Lipinski definition) is 2. The second kappa shape index (κ2) is 8.21. The third-order valence-corrected chi connectivity index (χ3v) is 3.26. The summed E-state index contributed by atoms with van der Waals surface area (Å²) in [5.41, 5.74) is 1.48. The van der Waals surface area contributed by atoms with Gasteiger partial charge in [0.1, 0.15) is 6.61 Å². The van der Waals surface area contributed by atoms with Crippen LogP contribution in [0.4, 0.5) is 5.82 Å². The molecule has 0 saturated carbocycles. The first-order valence-electron chi connectivity index (χ1n) is 7.36. The molecular formula is C16H21N3O5. The number of nitrogens with zero attached hydrogens (tertiary/aromatic N) is 1. The van der Waals surface area contributed by atoms with Gasteiger partial charge in [-0.2, -0.15) is 5.10 Å². The van der Waals surface area contributed by atoms with Gasteiger partial charge in [0.25, 0.3) is 5.91 Å². The zero-order valence-corrected chi connectivity index (χ0v) is 14.1. The largest absolute Gasteiger partial charge is 0.493 e. The van der Waals surface area contributed by atoms with Crippen LogP contribution in [0.5, 0.6) is 17.2 Å². The van der Waals surface area contributed by atoms with Gasteiger partial charge in [0, 0.05) is 18.2 Å². The molecule has 0 unspecified atom stereocenters. The molecule has 1 heterocycles. The normalized spacial score (nSPS) is 10.3. The van der Waals surface area contributed by atoms with E-state index in [1.54, 1.807) is 39.5 Å². The highest BCUT2D eigenvalue weighted by atomic mass is 16.5. The van der Waals surface area contributed by atoms with Crippen molar-refractivity contribution in [3.05, 3.63) is 18.2 Å². The Balaban J connectivity index is 2.24. The zero-order valence-electron chi connectivity index (χ0n) is 14.1. The van der Waals surface area contributed by atoms with Crippen LogP contribution in [0.25, 0.3) is 11.3 Å². The van der Waals surface area contributed by atoms with Crippen LogP contribution < -0.4 is 19.5 Å². The Morgan fingerprint density at radius 2 is 1.79 bits per heavy atom. The summed E-state index contributed by atoms with van der Waals surface area (Å²) in [5.74, 6) is 1.71. The summed E-state index contributed by atoms with van der Waals surface area (Å²) in [6.45, 7) is 2.29. The van der Waals surface area contributed by atoms with Crippen molar-refractivity contribution in [1.29, 1.82) is 0 Å². The lowest BCUT2D eigenvalue weighted by atomic mass is 10.1. The number of benzene rings is 1. The molecule has 0 bridgehead atoms. The van der Waals surface area contributed by atoms with E-state index in [-0.39, 0.29) is 12.5 Å². The molecule has 1 aromatic heterocycles. The van der Waals surface area contributed by atoms with Gasteiger partial charge in [0.15, 0.2) is 17.3 Å². The minimum atomic E-state index is -0.264. The summed E-state index contributed by atoms with van der Waals surface area (Å²) in [4.78, 5) is 11.7. The van der Waals surface area contributed by atoms with E-state index in [0.29, 0.717) is 35.4 Å². The average molecular weight is 335 g/mol. The van der Waals surface area contributed by atoms with Crippen molar-refractivity contribution >= 4 is 11.7 Å². The van der Waals surface area contributed by atoms with Gasteiger partial charge in [0.2, 0.25) is 5.75 Å². The molecule has 0 fully saturated rings. The molecule has 24 heavy (non-hydrogen) atoms. The van der Waals surface area contributed by atoms with Crippen LogP contribution in [-0.4, -0.2) is 50.6 Å². The highest BCUT2D eigenvalue weighted by Crippen LogP contribution is 2.40. The first kappa shape index (κ1) is 17.6. The lowest BCUT2D eigenvalue weighted by molar-refractivity contribution is -0.120. The van der Waals surface area contributed by atoms with E-state index in [0.717, 1.165) is 5.56 Å². The third-order valence-electron chi connectivity index (χ3n) is 3.26. The van der Waals surface area contributed by atoms with E-state index in [4.69, 9.17) is 18.9 Å². The van der Waals surface area contributed by atoms with E-state index >= 15 is 0 Å². The molecule has 0 spiro atoms. The molecule has 8 heteroatoms. The molecule has 0 aliphatic carbocycles. The quantitative estimate of drug-likeness (QED) is 0.767. The smallest absolute Gasteiger partial charge is 0.251 e. The van der Waals surface area contributed by atoms with Crippen LogP contribution in [0.15, 0.2) is 18.2 Å². The number of methoxy groups -OCH3 is 3. The molecule has 2 N–H and O–H groups in total. The Labute approximate surface area is 140 Å². The number of carbonyl (C=O) groups excluding carboxylic acids is 1. The summed E-state index contributed by atoms with van der Waals surface area (Å²) in [6.07, 6.45) is 0. The Bertz CT molecular complexity index is 674. The summed E-state index contributed by atoms with van der Waals surface area (Å²) >= 11 is 0. The number of amides is 1. The molecule has 1 amide bonds. The molecule has 8 nitrogen and oxygen atoms in total. The summed E-state index contributed by atoms with van der Waals surface area (Å²) in [7, 11) is 4.64. The number of carbonyl (C=O) groups is 1. The van der Waals surface area contributed by atoms with E-state index in [1.165, 1.54) is 0 Å². The van der Waals surface area contributed by atoms with Crippen LogP contribution in [0.3, 0.4) is 0 Å². The number of H-pyrrole nitrogens is 1. The van der Waals surface area contributed by atoms with E-state index < -0.39 is 0 Å². The fraction of sp³-hybridized carbons (Fsp3) is 0.375. The van der Waals surface area contributed by atoms with Crippen molar-refractivity contribution in [3.8, 4) is 28.5 Å². The van der Waals surface area contributed by atoms with Crippen LogP contribution in [0, 0.1) is 0 Å². The molecule has 2 aromatic rings. The lowest BCUT2D eigenvalue weighted by Crippen LogP contribution is -2.18.